The fraction of sp³-hybridized carbons (Fsp3) is 0.615. The number of carbonyl (C=O) groups excluding carboxylic acids is 2. The molecule has 0 fully saturated rings. The maximum absolute atomic E-state index is 12.5. The number of anilines is 1. The highest BCUT2D eigenvalue weighted by molar-refractivity contribution is 8.00. The summed E-state index contributed by atoms with van der Waals surface area (Å²) < 4.78 is 3.98. The molecule has 34 heavy (non-hydrogen) atoms. The number of aryl methyl sites for hydroxylation is 1. The second-order valence-corrected chi connectivity index (χ2v) is 10.2. The molecule has 0 aliphatic rings. The standard InChI is InChI=1S/C26H41N5O2S/c1-5-6-11-18-34-30(4)24-15-13-22(14-16-24)26(33)27-19-23-20-31(29-28-23)17-10-8-7-9-12-25(32)21(2)3/h13-16,20-21H,5-12,17-19H2,1-4H3,(H,27,33). The molecule has 0 saturated heterocycles. The molecule has 2 aromatic rings. The van der Waals surface area contributed by atoms with Gasteiger partial charge >= 0.3 is 0 Å². The number of hydrogen-bond donors (Lipinski definition) is 1. The van der Waals surface area contributed by atoms with E-state index in [9.17, 15) is 9.59 Å². The van der Waals surface area contributed by atoms with E-state index in [-0.39, 0.29) is 11.8 Å². The molecule has 2 rings (SSSR count). The van der Waals surface area contributed by atoms with Crippen LogP contribution in [0.4, 0.5) is 5.69 Å². The predicted molar refractivity (Wildman–Crippen MR) is 141 cm³/mol. The van der Waals surface area contributed by atoms with Crippen LogP contribution < -0.4 is 9.62 Å². The highest BCUT2D eigenvalue weighted by Gasteiger charge is 2.09. The molecule has 1 amide bonds. The Morgan fingerprint density at radius 3 is 2.50 bits per heavy atom. The third-order valence-corrected chi connectivity index (χ3v) is 6.82. The second-order valence-electron chi connectivity index (χ2n) is 9.03. The molecule has 0 saturated carbocycles. The monoisotopic (exact) mass is 487 g/mol. The third kappa shape index (κ3) is 10.3. The molecule has 0 atom stereocenters. The fourth-order valence-electron chi connectivity index (χ4n) is 3.47. The lowest BCUT2D eigenvalue weighted by molar-refractivity contribution is -0.122. The Bertz CT molecular complexity index is 866. The van der Waals surface area contributed by atoms with Gasteiger partial charge < -0.3 is 9.62 Å². The van der Waals surface area contributed by atoms with Gasteiger partial charge in [0.05, 0.1) is 12.7 Å². The first-order chi connectivity index (χ1) is 16.4. The minimum atomic E-state index is -0.115. The summed E-state index contributed by atoms with van der Waals surface area (Å²) in [4.78, 5) is 24.1. The number of nitrogens with zero attached hydrogens (tertiary/aromatic N) is 4. The molecule has 188 valence electrons. The van der Waals surface area contributed by atoms with Crippen molar-refractivity contribution in [2.45, 2.75) is 85.2 Å². The summed E-state index contributed by atoms with van der Waals surface area (Å²) in [7, 11) is 2.06. The van der Waals surface area contributed by atoms with Gasteiger partial charge in [0.15, 0.2) is 0 Å². The number of amides is 1. The topological polar surface area (TPSA) is 80.1 Å². The zero-order valence-electron chi connectivity index (χ0n) is 21.3. The van der Waals surface area contributed by atoms with Crippen LogP contribution in [0.3, 0.4) is 0 Å². The number of Topliss-reactive ketones (excluding diaryl/α,β-unsaturated/α-hetero) is 1. The Kier molecular flexibility index (Phi) is 12.7. The molecular formula is C26H41N5O2S. The average molecular weight is 488 g/mol. The van der Waals surface area contributed by atoms with Crippen LogP contribution in [-0.2, 0) is 17.9 Å². The quantitative estimate of drug-likeness (QED) is 0.229. The van der Waals surface area contributed by atoms with Gasteiger partial charge in [0, 0.05) is 42.9 Å². The first kappa shape index (κ1) is 27.9. The van der Waals surface area contributed by atoms with E-state index in [0.717, 1.165) is 49.4 Å². The van der Waals surface area contributed by atoms with E-state index in [1.807, 2.05) is 49.0 Å². The Balaban J connectivity index is 1.67. The zero-order valence-corrected chi connectivity index (χ0v) is 22.1. The van der Waals surface area contributed by atoms with Crippen LogP contribution in [0.2, 0.25) is 0 Å². The molecule has 1 N–H and O–H groups in total. The van der Waals surface area contributed by atoms with Crippen LogP contribution in [0.1, 0.15) is 88.2 Å². The van der Waals surface area contributed by atoms with E-state index in [1.165, 1.54) is 19.3 Å². The first-order valence-electron chi connectivity index (χ1n) is 12.6. The minimum absolute atomic E-state index is 0.115. The summed E-state index contributed by atoms with van der Waals surface area (Å²) >= 11 is 1.81. The van der Waals surface area contributed by atoms with Crippen LogP contribution in [-0.4, -0.2) is 39.5 Å². The number of unbranched alkanes of at least 4 members (excludes halogenated alkanes) is 5. The molecule has 0 bridgehead atoms. The Hall–Kier alpha value is -2.35. The molecule has 0 spiro atoms. The van der Waals surface area contributed by atoms with E-state index < -0.39 is 0 Å². The molecular weight excluding hydrogens is 446 g/mol. The lowest BCUT2D eigenvalue weighted by atomic mass is 10.0. The summed E-state index contributed by atoms with van der Waals surface area (Å²) in [6.45, 7) is 7.27. The molecule has 1 heterocycles. The lowest BCUT2D eigenvalue weighted by Gasteiger charge is -2.18. The summed E-state index contributed by atoms with van der Waals surface area (Å²) in [5.41, 5.74) is 2.47. The van der Waals surface area contributed by atoms with Crippen LogP contribution in [0.5, 0.6) is 0 Å². The van der Waals surface area contributed by atoms with Crippen LogP contribution in [0.15, 0.2) is 30.5 Å². The van der Waals surface area contributed by atoms with Crippen molar-refractivity contribution in [1.82, 2.24) is 20.3 Å². The fourth-order valence-corrected chi connectivity index (χ4v) is 4.35. The Labute approximate surface area is 209 Å². The first-order valence-corrected chi connectivity index (χ1v) is 13.5. The van der Waals surface area contributed by atoms with Gasteiger partial charge in [-0.3, -0.25) is 14.3 Å². The SMILES string of the molecule is CCCCCSN(C)c1ccc(C(=O)NCc2cn(CCCCCCC(=O)C(C)C)nn2)cc1. The number of carbonyl (C=O) groups is 2. The van der Waals surface area contributed by atoms with Crippen molar-refractivity contribution in [2.75, 3.05) is 17.1 Å². The normalized spacial score (nSPS) is 11.1. The van der Waals surface area contributed by atoms with Crippen molar-refractivity contribution in [3.05, 3.63) is 41.7 Å². The summed E-state index contributed by atoms with van der Waals surface area (Å²) in [6, 6.07) is 7.69. The van der Waals surface area contributed by atoms with Gasteiger partial charge in [0.2, 0.25) is 0 Å². The Morgan fingerprint density at radius 1 is 1.06 bits per heavy atom. The van der Waals surface area contributed by atoms with Gasteiger partial charge in [-0.1, -0.05) is 63.6 Å². The summed E-state index contributed by atoms with van der Waals surface area (Å²) in [5.74, 6) is 1.48. The van der Waals surface area contributed by atoms with Gasteiger partial charge in [-0.2, -0.15) is 0 Å². The van der Waals surface area contributed by atoms with Gasteiger partial charge in [-0.15, -0.1) is 5.10 Å². The maximum atomic E-state index is 12.5. The largest absolute Gasteiger partial charge is 0.346 e. The number of benzene rings is 1. The molecule has 0 aliphatic carbocycles. The molecule has 8 heteroatoms. The molecule has 0 radical (unpaired) electrons. The maximum Gasteiger partial charge on any atom is 0.251 e. The van der Waals surface area contributed by atoms with E-state index >= 15 is 0 Å². The summed E-state index contributed by atoms with van der Waals surface area (Å²) in [5, 5.41) is 11.2. The minimum Gasteiger partial charge on any atom is -0.346 e. The molecule has 1 aromatic carbocycles. The summed E-state index contributed by atoms with van der Waals surface area (Å²) in [6.07, 6.45) is 10.4. The van der Waals surface area contributed by atoms with E-state index in [4.69, 9.17) is 0 Å². The molecule has 0 unspecified atom stereocenters. The number of rotatable bonds is 17. The van der Waals surface area contributed by atoms with Crippen LogP contribution in [0.25, 0.3) is 0 Å². The molecule has 1 aromatic heterocycles. The van der Waals surface area contributed by atoms with Crippen molar-refractivity contribution >= 4 is 29.3 Å². The van der Waals surface area contributed by atoms with E-state index in [0.29, 0.717) is 24.3 Å². The second kappa shape index (κ2) is 15.5. The zero-order chi connectivity index (χ0) is 24.8. The third-order valence-electron chi connectivity index (χ3n) is 5.75. The average Bonchev–Trinajstić information content (AvgIpc) is 3.30. The molecule has 7 nitrogen and oxygen atoms in total. The van der Waals surface area contributed by atoms with E-state index in [2.05, 4.69) is 33.9 Å². The van der Waals surface area contributed by atoms with Crippen molar-refractivity contribution in [3.63, 3.8) is 0 Å². The van der Waals surface area contributed by atoms with Crippen molar-refractivity contribution in [1.29, 1.82) is 0 Å². The van der Waals surface area contributed by atoms with Crippen molar-refractivity contribution in [2.24, 2.45) is 5.92 Å². The van der Waals surface area contributed by atoms with Gasteiger partial charge in [0.25, 0.3) is 5.91 Å². The van der Waals surface area contributed by atoms with Crippen LogP contribution in [0, 0.1) is 5.92 Å². The van der Waals surface area contributed by atoms with Gasteiger partial charge in [-0.25, -0.2) is 0 Å². The van der Waals surface area contributed by atoms with Gasteiger partial charge in [0.1, 0.15) is 11.5 Å². The number of nitrogens with one attached hydrogen (secondary N) is 1. The Morgan fingerprint density at radius 2 is 1.79 bits per heavy atom. The van der Waals surface area contributed by atoms with Gasteiger partial charge in [-0.05, 0) is 43.5 Å². The van der Waals surface area contributed by atoms with E-state index in [1.54, 1.807) is 11.9 Å². The number of hydrogen-bond acceptors (Lipinski definition) is 6. The number of aromatic nitrogens is 3. The number of ketones is 1. The lowest BCUT2D eigenvalue weighted by Crippen LogP contribution is -2.23. The predicted octanol–water partition coefficient (Wildman–Crippen LogP) is 5.66. The highest BCUT2D eigenvalue weighted by atomic mass is 32.2. The van der Waals surface area contributed by atoms with Crippen LogP contribution >= 0.6 is 11.9 Å². The van der Waals surface area contributed by atoms with Crippen molar-refractivity contribution < 1.29 is 9.59 Å². The molecule has 0 aliphatic heterocycles. The smallest absolute Gasteiger partial charge is 0.251 e. The highest BCUT2D eigenvalue weighted by Crippen LogP contribution is 2.22. The van der Waals surface area contributed by atoms with Crippen molar-refractivity contribution in [3.8, 4) is 0 Å².